The average molecular weight is 523 g/mol. The lowest BCUT2D eigenvalue weighted by molar-refractivity contribution is 1.39. The topological polar surface area (TPSA) is 0 Å². The highest BCUT2D eigenvalue weighted by Crippen LogP contribution is 2.02. The van der Waals surface area contributed by atoms with Gasteiger partial charge in [-0.05, 0) is 76.2 Å². The first-order valence-electron chi connectivity index (χ1n) is 13.8. The fourth-order valence-electron chi connectivity index (χ4n) is 2.77. The van der Waals surface area contributed by atoms with Crippen LogP contribution in [0.4, 0.5) is 0 Å². The first-order chi connectivity index (χ1) is 18.5. The van der Waals surface area contributed by atoms with Crippen LogP contribution in [-0.2, 0) is 0 Å². The molecule has 0 saturated carbocycles. The highest BCUT2D eigenvalue weighted by molar-refractivity contribution is 5.31. The molecule has 0 amide bonds. The second-order valence-electron chi connectivity index (χ2n) is 9.89. The van der Waals surface area contributed by atoms with Crippen LogP contribution in [0.25, 0.3) is 0 Å². The molecule has 0 bridgehead atoms. The monoisotopic (exact) mass is 522 g/mol. The van der Waals surface area contributed by atoms with Crippen LogP contribution < -0.4 is 0 Å². The van der Waals surface area contributed by atoms with E-state index >= 15 is 0 Å². The van der Waals surface area contributed by atoms with Crippen molar-refractivity contribution >= 4 is 0 Å². The van der Waals surface area contributed by atoms with Gasteiger partial charge in [-0.2, -0.15) is 0 Å². The van der Waals surface area contributed by atoms with Crippen molar-refractivity contribution in [1.82, 2.24) is 0 Å². The third-order valence-corrected chi connectivity index (χ3v) is 4.81. The SMILES string of the molecule is C/C=C/C(C)=C/C=C/C=C(C)/C=C/C=C(C)/C=C/C.CC(C)=C/C=C/C(C)=C/C=C/C=C(C)/C=C/C=C(C)C. The Morgan fingerprint density at radius 1 is 0.282 bits per heavy atom. The molecule has 0 rings (SSSR count). The van der Waals surface area contributed by atoms with E-state index in [2.05, 4.69) is 178 Å². The van der Waals surface area contributed by atoms with Crippen LogP contribution in [0.15, 0.2) is 167 Å². The molecule has 0 nitrogen and oxygen atoms in total. The molecule has 0 spiro atoms. The minimum absolute atomic E-state index is 1.23. The Kier molecular flexibility index (Phi) is 25.0. The second-order valence-corrected chi connectivity index (χ2v) is 9.89. The van der Waals surface area contributed by atoms with Crippen LogP contribution in [0.2, 0.25) is 0 Å². The van der Waals surface area contributed by atoms with Crippen LogP contribution in [0.5, 0.6) is 0 Å². The van der Waals surface area contributed by atoms with E-state index in [4.69, 9.17) is 0 Å². The van der Waals surface area contributed by atoms with Crippen LogP contribution >= 0.6 is 0 Å². The van der Waals surface area contributed by atoms with Crippen molar-refractivity contribution in [2.75, 3.05) is 0 Å². The van der Waals surface area contributed by atoms with Crippen LogP contribution in [0.1, 0.15) is 76.2 Å². The van der Waals surface area contributed by atoms with Gasteiger partial charge in [-0.15, -0.1) is 0 Å². The Morgan fingerprint density at radius 3 is 0.769 bits per heavy atom. The summed E-state index contributed by atoms with van der Waals surface area (Å²) in [6.07, 6.45) is 43.9. The summed E-state index contributed by atoms with van der Waals surface area (Å²) in [6.45, 7) is 22.9. The van der Waals surface area contributed by atoms with Crippen molar-refractivity contribution in [1.29, 1.82) is 0 Å². The predicted octanol–water partition coefficient (Wildman–Crippen LogP) is 12.6. The molecule has 0 aromatic heterocycles. The zero-order valence-electron chi connectivity index (χ0n) is 26.6. The molecule has 0 aliphatic rings. The highest BCUT2D eigenvalue weighted by Gasteiger charge is 1.81. The molecule has 39 heavy (non-hydrogen) atoms. The molecule has 0 aliphatic heterocycles. The lowest BCUT2D eigenvalue weighted by atomic mass is 10.2. The van der Waals surface area contributed by atoms with Gasteiger partial charge >= 0.3 is 0 Å². The molecule has 0 N–H and O–H groups in total. The van der Waals surface area contributed by atoms with Gasteiger partial charge in [-0.1, -0.05) is 167 Å². The van der Waals surface area contributed by atoms with E-state index in [-0.39, 0.29) is 0 Å². The molecule has 0 saturated heterocycles. The van der Waals surface area contributed by atoms with Gasteiger partial charge in [0.25, 0.3) is 0 Å². The van der Waals surface area contributed by atoms with Gasteiger partial charge in [-0.25, -0.2) is 0 Å². The summed E-state index contributed by atoms with van der Waals surface area (Å²) in [5.74, 6) is 0. The van der Waals surface area contributed by atoms with Gasteiger partial charge in [0.1, 0.15) is 0 Å². The molecular formula is C39H54. The maximum Gasteiger partial charge on any atom is -0.0398 e. The highest BCUT2D eigenvalue weighted by atomic mass is 13.9. The molecule has 0 unspecified atom stereocenters. The van der Waals surface area contributed by atoms with E-state index in [1.165, 1.54) is 39.0 Å². The number of allylic oxidation sites excluding steroid dienone is 28. The van der Waals surface area contributed by atoms with E-state index in [1.54, 1.807) is 0 Å². The molecule has 0 atom stereocenters. The third-order valence-electron chi connectivity index (χ3n) is 4.81. The summed E-state index contributed by atoms with van der Waals surface area (Å²) < 4.78 is 0. The summed E-state index contributed by atoms with van der Waals surface area (Å²) in [5.41, 5.74) is 8.85. The smallest absolute Gasteiger partial charge is 0.0398 e. The molecular weight excluding hydrogens is 468 g/mol. The summed E-state index contributed by atoms with van der Waals surface area (Å²) >= 11 is 0. The Hall–Kier alpha value is -3.64. The summed E-state index contributed by atoms with van der Waals surface area (Å²) in [5, 5.41) is 0. The zero-order valence-corrected chi connectivity index (χ0v) is 26.6. The van der Waals surface area contributed by atoms with Crippen molar-refractivity contribution in [3.63, 3.8) is 0 Å². The molecule has 210 valence electrons. The Labute approximate surface area is 242 Å². The fraction of sp³-hybridized carbons (Fsp3) is 0.282. The minimum atomic E-state index is 1.23. The van der Waals surface area contributed by atoms with E-state index in [0.717, 1.165) is 0 Å². The molecule has 0 aliphatic carbocycles. The first kappa shape index (κ1) is 37.5. The predicted molar refractivity (Wildman–Crippen MR) is 183 cm³/mol. The largest absolute Gasteiger partial charge is 0.0874 e. The van der Waals surface area contributed by atoms with Gasteiger partial charge in [0.2, 0.25) is 0 Å². The quantitative estimate of drug-likeness (QED) is 0.224. The standard InChI is InChI=1S/C20H28.C19H26/c1-17(2)11-9-15-19(5)13-7-8-14-20(6)16-10-12-18(3)4;1-6-11-17(3)13-8-9-14-19(5)16-10-15-18(4)12-7-2/h7-16H,1-6H3;6-16H,1-5H3/b8-7+,15-9+,16-10+,19-13+,20-14+;9-8+,11-6+,12-7+,16-10+,17-13+,18-15+,19-14+. The van der Waals surface area contributed by atoms with Crippen molar-refractivity contribution in [3.8, 4) is 0 Å². The van der Waals surface area contributed by atoms with E-state index < -0.39 is 0 Å². The molecule has 0 heterocycles. The lowest BCUT2D eigenvalue weighted by Gasteiger charge is -1.89. The van der Waals surface area contributed by atoms with Crippen molar-refractivity contribution in [2.24, 2.45) is 0 Å². The fourth-order valence-corrected chi connectivity index (χ4v) is 2.77. The minimum Gasteiger partial charge on any atom is -0.0874 e. The number of hydrogen-bond acceptors (Lipinski definition) is 0. The Balaban J connectivity index is 0. The van der Waals surface area contributed by atoms with Crippen molar-refractivity contribution in [2.45, 2.75) is 76.2 Å². The molecule has 0 heteroatoms. The molecule has 0 fully saturated rings. The second kappa shape index (κ2) is 26.0. The summed E-state index contributed by atoms with van der Waals surface area (Å²) in [6, 6.07) is 0. The van der Waals surface area contributed by atoms with E-state index in [1.807, 2.05) is 26.0 Å². The normalized spacial score (nSPS) is 14.6. The van der Waals surface area contributed by atoms with Crippen LogP contribution in [-0.4, -0.2) is 0 Å². The summed E-state index contributed by atoms with van der Waals surface area (Å²) in [4.78, 5) is 0. The van der Waals surface area contributed by atoms with Gasteiger partial charge in [0, 0.05) is 0 Å². The van der Waals surface area contributed by atoms with Crippen LogP contribution in [0, 0.1) is 0 Å². The lowest BCUT2D eigenvalue weighted by Crippen LogP contribution is -1.68. The van der Waals surface area contributed by atoms with E-state index in [0.29, 0.717) is 0 Å². The van der Waals surface area contributed by atoms with Crippen molar-refractivity contribution < 1.29 is 0 Å². The zero-order chi connectivity index (χ0) is 29.9. The van der Waals surface area contributed by atoms with Gasteiger partial charge in [0.05, 0.1) is 0 Å². The van der Waals surface area contributed by atoms with Crippen LogP contribution in [0.3, 0.4) is 0 Å². The maximum absolute atomic E-state index is 2.11. The summed E-state index contributed by atoms with van der Waals surface area (Å²) in [7, 11) is 0. The van der Waals surface area contributed by atoms with Crippen molar-refractivity contribution in [3.05, 3.63) is 167 Å². The third kappa shape index (κ3) is 30.5. The number of rotatable bonds is 12. The van der Waals surface area contributed by atoms with E-state index in [9.17, 15) is 0 Å². The first-order valence-corrected chi connectivity index (χ1v) is 13.8. The molecule has 0 aromatic carbocycles. The van der Waals surface area contributed by atoms with Gasteiger partial charge in [-0.3, -0.25) is 0 Å². The average Bonchev–Trinajstić information content (AvgIpc) is 2.85. The molecule has 0 aromatic rings. The molecule has 0 radical (unpaired) electrons. The Morgan fingerprint density at radius 2 is 0.513 bits per heavy atom. The van der Waals surface area contributed by atoms with Gasteiger partial charge < -0.3 is 0 Å². The van der Waals surface area contributed by atoms with Gasteiger partial charge in [0.15, 0.2) is 0 Å². The maximum atomic E-state index is 2.11. The number of hydrogen-bond donors (Lipinski definition) is 0. The Bertz CT molecular complexity index is 1060.